The van der Waals surface area contributed by atoms with E-state index in [-0.39, 0.29) is 0 Å². The molecule has 0 amide bonds. The van der Waals surface area contributed by atoms with Gasteiger partial charge in [-0.05, 0) is 42.3 Å². The molecule has 0 saturated carbocycles. The van der Waals surface area contributed by atoms with Gasteiger partial charge in [-0.15, -0.1) is 0 Å². The number of carbonyl (C=O) groups excluding carboxylic acids is 1. The Bertz CT molecular complexity index is 778. The molecule has 0 N–H and O–H groups in total. The van der Waals surface area contributed by atoms with Crippen LogP contribution in [-0.2, 0) is 9.53 Å². The first-order valence-corrected chi connectivity index (χ1v) is 7.27. The summed E-state index contributed by atoms with van der Waals surface area (Å²) in [5, 5.41) is 0. The maximum atomic E-state index is 11.9. The van der Waals surface area contributed by atoms with Crippen LogP contribution in [0.5, 0.6) is 0 Å². The lowest BCUT2D eigenvalue weighted by molar-refractivity contribution is -0.129. The lowest BCUT2D eigenvalue weighted by Gasteiger charge is -2.02. The van der Waals surface area contributed by atoms with Gasteiger partial charge in [-0.25, -0.2) is 9.79 Å². The molecule has 2 aromatic carbocycles. The second-order valence-electron chi connectivity index (χ2n) is 4.71. The molecule has 0 saturated heterocycles. The number of ether oxygens (including phenoxy) is 1. The quantitative estimate of drug-likeness (QED) is 0.609. The molecule has 0 fully saturated rings. The number of aliphatic imine (C=N–C) groups is 1. The average molecular weight is 342 g/mol. The summed E-state index contributed by atoms with van der Waals surface area (Å²) in [6, 6.07) is 15.3. The first-order chi connectivity index (χ1) is 10.1. The molecule has 0 radical (unpaired) electrons. The van der Waals surface area contributed by atoms with Crippen molar-refractivity contribution in [1.82, 2.24) is 0 Å². The van der Waals surface area contributed by atoms with Crippen LogP contribution in [0.3, 0.4) is 0 Å². The van der Waals surface area contributed by atoms with E-state index in [1.54, 1.807) is 6.08 Å². The van der Waals surface area contributed by atoms with Gasteiger partial charge in [0.1, 0.15) is 0 Å². The van der Waals surface area contributed by atoms with Crippen LogP contribution in [-0.4, -0.2) is 11.9 Å². The zero-order valence-electron chi connectivity index (χ0n) is 11.3. The van der Waals surface area contributed by atoms with E-state index in [4.69, 9.17) is 4.74 Å². The lowest BCUT2D eigenvalue weighted by Crippen LogP contribution is -2.06. The first kappa shape index (κ1) is 13.8. The fourth-order valence-electron chi connectivity index (χ4n) is 2.09. The minimum absolute atomic E-state index is 0.311. The Morgan fingerprint density at radius 1 is 1.14 bits per heavy atom. The number of nitrogens with zero attached hydrogens (tertiary/aromatic N) is 1. The highest BCUT2D eigenvalue weighted by atomic mass is 79.9. The molecule has 104 valence electrons. The second kappa shape index (κ2) is 5.66. The second-order valence-corrected chi connectivity index (χ2v) is 5.62. The lowest BCUT2D eigenvalue weighted by atomic mass is 10.1. The van der Waals surface area contributed by atoms with Crippen molar-refractivity contribution in [3.8, 4) is 0 Å². The zero-order chi connectivity index (χ0) is 14.8. The summed E-state index contributed by atoms with van der Waals surface area (Å²) in [6.07, 6.45) is 1.72. The van der Waals surface area contributed by atoms with Crippen molar-refractivity contribution in [3.63, 3.8) is 0 Å². The number of halogens is 1. The molecule has 21 heavy (non-hydrogen) atoms. The topological polar surface area (TPSA) is 38.7 Å². The number of cyclic esters (lactones) is 1. The summed E-state index contributed by atoms with van der Waals surface area (Å²) >= 11 is 3.40. The highest BCUT2D eigenvalue weighted by molar-refractivity contribution is 9.10. The van der Waals surface area contributed by atoms with Crippen LogP contribution < -0.4 is 0 Å². The molecule has 0 unspecified atom stereocenters. The van der Waals surface area contributed by atoms with Crippen molar-refractivity contribution in [3.05, 3.63) is 75.4 Å². The molecule has 0 aromatic heterocycles. The molecule has 0 bridgehead atoms. The third-order valence-electron chi connectivity index (χ3n) is 3.15. The largest absolute Gasteiger partial charge is 0.402 e. The Hall–Kier alpha value is -2.20. The van der Waals surface area contributed by atoms with Crippen LogP contribution in [0, 0.1) is 6.92 Å². The number of carbonyl (C=O) groups is 1. The van der Waals surface area contributed by atoms with E-state index in [0.717, 1.165) is 21.2 Å². The minimum Gasteiger partial charge on any atom is -0.402 e. The Balaban J connectivity index is 1.98. The van der Waals surface area contributed by atoms with Crippen molar-refractivity contribution in [2.24, 2.45) is 4.99 Å². The molecule has 3 rings (SSSR count). The molecular formula is C17H12BrNO2. The Morgan fingerprint density at radius 3 is 2.71 bits per heavy atom. The number of rotatable bonds is 2. The summed E-state index contributed by atoms with van der Waals surface area (Å²) in [6.45, 7) is 1.96. The van der Waals surface area contributed by atoms with E-state index < -0.39 is 5.97 Å². The van der Waals surface area contributed by atoms with Gasteiger partial charge in [0, 0.05) is 10.0 Å². The Morgan fingerprint density at radius 2 is 1.95 bits per heavy atom. The minimum atomic E-state index is -0.423. The van der Waals surface area contributed by atoms with Crippen molar-refractivity contribution < 1.29 is 9.53 Å². The van der Waals surface area contributed by atoms with Crippen LogP contribution in [0.4, 0.5) is 0 Å². The molecule has 3 nitrogen and oxygen atoms in total. The van der Waals surface area contributed by atoms with E-state index in [0.29, 0.717) is 11.6 Å². The van der Waals surface area contributed by atoms with Crippen molar-refractivity contribution in [2.45, 2.75) is 6.92 Å². The van der Waals surface area contributed by atoms with Crippen LogP contribution in [0.1, 0.15) is 16.7 Å². The zero-order valence-corrected chi connectivity index (χ0v) is 12.9. The van der Waals surface area contributed by atoms with Crippen LogP contribution in [0.15, 0.2) is 63.7 Å². The standard InChI is InChI=1S/C17H12BrNO2/c1-11-5-2-3-8-14(11)16-19-15(17(20)21-16)10-12-6-4-7-13(18)9-12/h2-10H,1H3/b15-10+. The van der Waals surface area contributed by atoms with Gasteiger partial charge < -0.3 is 4.74 Å². The van der Waals surface area contributed by atoms with Gasteiger partial charge in [0.2, 0.25) is 5.90 Å². The SMILES string of the molecule is Cc1ccccc1C1=N/C(=C/c2cccc(Br)c2)C(=O)O1. The molecule has 0 spiro atoms. The van der Waals surface area contributed by atoms with E-state index in [1.165, 1.54) is 0 Å². The van der Waals surface area contributed by atoms with Crippen molar-refractivity contribution in [1.29, 1.82) is 0 Å². The number of aryl methyl sites for hydroxylation is 1. The Labute approximate surface area is 131 Å². The number of hydrogen-bond donors (Lipinski definition) is 0. The number of esters is 1. The Kier molecular flexibility index (Phi) is 3.71. The normalized spacial score (nSPS) is 16.0. The molecule has 4 heteroatoms. The molecular weight excluding hydrogens is 330 g/mol. The fourth-order valence-corrected chi connectivity index (χ4v) is 2.51. The van der Waals surface area contributed by atoms with Crippen molar-refractivity contribution in [2.75, 3.05) is 0 Å². The average Bonchev–Trinajstić information content (AvgIpc) is 2.80. The molecule has 2 aromatic rings. The van der Waals surface area contributed by atoms with Gasteiger partial charge in [0.25, 0.3) is 0 Å². The van der Waals surface area contributed by atoms with Crippen LogP contribution in [0.25, 0.3) is 6.08 Å². The molecule has 1 aliphatic heterocycles. The molecule has 0 aliphatic carbocycles. The van der Waals surface area contributed by atoms with E-state index in [1.807, 2.05) is 55.5 Å². The fraction of sp³-hybridized carbons (Fsp3) is 0.0588. The molecule has 1 aliphatic rings. The predicted molar refractivity (Wildman–Crippen MR) is 85.9 cm³/mol. The van der Waals surface area contributed by atoms with Gasteiger partial charge in [-0.1, -0.05) is 46.3 Å². The predicted octanol–water partition coefficient (Wildman–Crippen LogP) is 4.10. The third-order valence-corrected chi connectivity index (χ3v) is 3.64. The summed E-state index contributed by atoms with van der Waals surface area (Å²) in [7, 11) is 0. The summed E-state index contributed by atoms with van der Waals surface area (Å²) in [4.78, 5) is 16.3. The maximum Gasteiger partial charge on any atom is 0.363 e. The van der Waals surface area contributed by atoms with E-state index in [9.17, 15) is 4.79 Å². The van der Waals surface area contributed by atoms with Gasteiger partial charge in [0.15, 0.2) is 5.70 Å². The highest BCUT2D eigenvalue weighted by Crippen LogP contribution is 2.21. The third kappa shape index (κ3) is 2.95. The highest BCUT2D eigenvalue weighted by Gasteiger charge is 2.24. The molecule has 1 heterocycles. The van der Waals surface area contributed by atoms with Gasteiger partial charge in [0.05, 0.1) is 0 Å². The van der Waals surface area contributed by atoms with Gasteiger partial charge in [-0.3, -0.25) is 0 Å². The van der Waals surface area contributed by atoms with Crippen molar-refractivity contribution >= 4 is 33.9 Å². The van der Waals surface area contributed by atoms with Crippen LogP contribution >= 0.6 is 15.9 Å². The summed E-state index contributed by atoms with van der Waals surface area (Å²) in [5.74, 6) is -0.0624. The number of hydrogen-bond acceptors (Lipinski definition) is 3. The smallest absolute Gasteiger partial charge is 0.363 e. The van der Waals surface area contributed by atoms with Gasteiger partial charge >= 0.3 is 5.97 Å². The molecule has 0 atom stereocenters. The summed E-state index contributed by atoms with van der Waals surface area (Å²) in [5.41, 5.74) is 3.06. The first-order valence-electron chi connectivity index (χ1n) is 6.47. The van der Waals surface area contributed by atoms with Gasteiger partial charge in [-0.2, -0.15) is 0 Å². The maximum absolute atomic E-state index is 11.9. The van der Waals surface area contributed by atoms with E-state index >= 15 is 0 Å². The van der Waals surface area contributed by atoms with Crippen LogP contribution in [0.2, 0.25) is 0 Å². The summed E-state index contributed by atoms with van der Waals surface area (Å²) < 4.78 is 6.22. The number of benzene rings is 2. The van der Waals surface area contributed by atoms with E-state index in [2.05, 4.69) is 20.9 Å². The monoisotopic (exact) mass is 341 g/mol.